The van der Waals surface area contributed by atoms with Crippen LogP contribution in [0, 0.1) is 25.2 Å². The average Bonchev–Trinajstić information content (AvgIpc) is 2.84. The normalized spacial score (nSPS) is 11.1. The molecule has 0 bridgehead atoms. The number of phenolic OH excluding ortho intramolecular Hbond substituents is 1. The second kappa shape index (κ2) is 6.14. The maximum atomic E-state index is 12.4. The molecule has 22 heavy (non-hydrogen) atoms. The van der Waals surface area contributed by atoms with Gasteiger partial charge < -0.3 is 9.84 Å². The van der Waals surface area contributed by atoms with Crippen molar-refractivity contribution in [2.45, 2.75) is 13.8 Å². The second-order valence-corrected chi connectivity index (χ2v) is 4.71. The van der Waals surface area contributed by atoms with Crippen molar-refractivity contribution >= 4 is 12.0 Å². The van der Waals surface area contributed by atoms with E-state index in [-0.39, 0.29) is 17.1 Å². The van der Waals surface area contributed by atoms with E-state index < -0.39 is 5.91 Å². The van der Waals surface area contributed by atoms with Crippen LogP contribution in [0.1, 0.15) is 21.7 Å². The third kappa shape index (κ3) is 2.83. The van der Waals surface area contributed by atoms with Crippen LogP contribution in [0.2, 0.25) is 0 Å². The Labute approximate surface area is 127 Å². The number of ether oxygens (including phenoxy) is 1. The van der Waals surface area contributed by atoms with Crippen LogP contribution >= 0.6 is 0 Å². The summed E-state index contributed by atoms with van der Waals surface area (Å²) in [5.41, 5.74) is 1.52. The first-order valence-corrected chi connectivity index (χ1v) is 6.53. The molecule has 2 rings (SSSR count). The number of methoxy groups -OCH3 is 1. The van der Waals surface area contributed by atoms with E-state index >= 15 is 0 Å². The molecule has 0 spiro atoms. The molecule has 0 aliphatic carbocycles. The zero-order valence-corrected chi connectivity index (χ0v) is 12.5. The van der Waals surface area contributed by atoms with E-state index in [0.29, 0.717) is 17.0 Å². The van der Waals surface area contributed by atoms with Gasteiger partial charge in [-0.15, -0.1) is 0 Å². The zero-order valence-electron chi connectivity index (χ0n) is 12.5. The second-order valence-electron chi connectivity index (χ2n) is 4.71. The molecule has 1 N–H and O–H groups in total. The summed E-state index contributed by atoms with van der Waals surface area (Å²) >= 11 is 0. The van der Waals surface area contributed by atoms with Gasteiger partial charge in [0.2, 0.25) is 0 Å². The summed E-state index contributed by atoms with van der Waals surface area (Å²) in [7, 11) is 1.43. The number of rotatable bonds is 3. The van der Waals surface area contributed by atoms with Crippen LogP contribution in [0.3, 0.4) is 0 Å². The lowest BCUT2D eigenvalue weighted by molar-refractivity contribution is 0.0944. The lowest BCUT2D eigenvalue weighted by Crippen LogP contribution is -2.15. The predicted octanol–water partition coefficient (Wildman–Crippen LogP) is 2.46. The molecular weight excluding hydrogens is 282 g/mol. The highest BCUT2D eigenvalue weighted by Gasteiger charge is 2.16. The number of nitrogens with zero attached hydrogens (tertiary/aromatic N) is 3. The fourth-order valence-electron chi connectivity index (χ4n) is 2.07. The Balaban J connectivity index is 2.47. The van der Waals surface area contributed by atoms with E-state index in [1.165, 1.54) is 17.9 Å². The van der Waals surface area contributed by atoms with Gasteiger partial charge >= 0.3 is 0 Å². The zero-order chi connectivity index (χ0) is 16.3. The molecule has 0 saturated heterocycles. The molecule has 6 heteroatoms. The predicted molar refractivity (Wildman–Crippen MR) is 80.6 cm³/mol. The van der Waals surface area contributed by atoms with E-state index in [2.05, 4.69) is 5.10 Å². The standard InChI is InChI=1S/C16H15N3O3/c1-10-7-11(2)19(18-10)16(21)13(9-17)8-12-5-4-6-14(22-3)15(12)20/h4-8,20H,1-3H3/b13-8+. The van der Waals surface area contributed by atoms with Crippen molar-refractivity contribution in [2.24, 2.45) is 0 Å². The number of aromatic hydroxyl groups is 1. The monoisotopic (exact) mass is 297 g/mol. The molecule has 0 unspecified atom stereocenters. The number of phenols is 1. The van der Waals surface area contributed by atoms with Crippen molar-refractivity contribution < 1.29 is 14.6 Å². The summed E-state index contributed by atoms with van der Waals surface area (Å²) in [5, 5.41) is 23.3. The van der Waals surface area contributed by atoms with Crippen LogP contribution in [0.15, 0.2) is 29.8 Å². The van der Waals surface area contributed by atoms with Gasteiger partial charge in [-0.1, -0.05) is 12.1 Å². The van der Waals surface area contributed by atoms with Gasteiger partial charge in [0, 0.05) is 11.3 Å². The first-order chi connectivity index (χ1) is 10.5. The van der Waals surface area contributed by atoms with Crippen LogP contribution in [0.4, 0.5) is 0 Å². The Bertz CT molecular complexity index is 797. The van der Waals surface area contributed by atoms with Gasteiger partial charge in [0.15, 0.2) is 11.5 Å². The molecule has 1 heterocycles. The number of hydrogen-bond donors (Lipinski definition) is 1. The molecule has 1 aromatic carbocycles. The molecule has 0 saturated carbocycles. The quantitative estimate of drug-likeness (QED) is 0.694. The van der Waals surface area contributed by atoms with Crippen molar-refractivity contribution in [1.29, 1.82) is 5.26 Å². The van der Waals surface area contributed by atoms with Crippen molar-refractivity contribution in [3.05, 3.63) is 46.8 Å². The third-order valence-corrected chi connectivity index (χ3v) is 3.10. The molecule has 0 amide bonds. The minimum Gasteiger partial charge on any atom is -0.504 e. The maximum Gasteiger partial charge on any atom is 0.289 e. The first-order valence-electron chi connectivity index (χ1n) is 6.53. The highest BCUT2D eigenvalue weighted by atomic mass is 16.5. The lowest BCUT2D eigenvalue weighted by atomic mass is 10.1. The Kier molecular flexibility index (Phi) is 4.28. The number of hydrogen-bond acceptors (Lipinski definition) is 5. The highest BCUT2D eigenvalue weighted by Crippen LogP contribution is 2.31. The lowest BCUT2D eigenvalue weighted by Gasteiger charge is -2.06. The topological polar surface area (TPSA) is 88.1 Å². The Morgan fingerprint density at radius 1 is 1.45 bits per heavy atom. The van der Waals surface area contributed by atoms with Crippen molar-refractivity contribution in [3.8, 4) is 17.6 Å². The number of nitriles is 1. The van der Waals surface area contributed by atoms with Gasteiger partial charge in [0.25, 0.3) is 5.91 Å². The Hall–Kier alpha value is -3.07. The molecule has 0 radical (unpaired) electrons. The summed E-state index contributed by atoms with van der Waals surface area (Å²) in [6.07, 6.45) is 1.32. The van der Waals surface area contributed by atoms with Crippen LogP contribution in [0.5, 0.6) is 11.5 Å². The van der Waals surface area contributed by atoms with Gasteiger partial charge in [-0.3, -0.25) is 4.79 Å². The molecule has 2 aromatic rings. The number of aryl methyl sites for hydroxylation is 2. The first kappa shape index (κ1) is 15.3. The van der Waals surface area contributed by atoms with E-state index in [9.17, 15) is 15.2 Å². The highest BCUT2D eigenvalue weighted by molar-refractivity contribution is 6.03. The van der Waals surface area contributed by atoms with Gasteiger partial charge in [-0.2, -0.15) is 10.4 Å². The SMILES string of the molecule is COc1cccc(/C=C(\C#N)C(=O)n2nc(C)cc2C)c1O. The Morgan fingerprint density at radius 3 is 2.73 bits per heavy atom. The summed E-state index contributed by atoms with van der Waals surface area (Å²) in [6.45, 7) is 3.50. The van der Waals surface area contributed by atoms with Crippen LogP contribution < -0.4 is 4.74 Å². The van der Waals surface area contributed by atoms with Gasteiger partial charge in [0.1, 0.15) is 11.6 Å². The molecular formula is C16H15N3O3. The fraction of sp³-hybridized carbons (Fsp3) is 0.188. The maximum absolute atomic E-state index is 12.4. The van der Waals surface area contributed by atoms with Crippen LogP contribution in [0.25, 0.3) is 6.08 Å². The van der Waals surface area contributed by atoms with Gasteiger partial charge in [0.05, 0.1) is 12.8 Å². The molecule has 0 aliphatic rings. The molecule has 1 aromatic heterocycles. The largest absolute Gasteiger partial charge is 0.504 e. The summed E-state index contributed by atoms with van der Waals surface area (Å²) < 4.78 is 6.17. The summed E-state index contributed by atoms with van der Waals surface area (Å²) in [6, 6.07) is 8.43. The van der Waals surface area contributed by atoms with Gasteiger partial charge in [-0.25, -0.2) is 4.68 Å². The minimum absolute atomic E-state index is 0.126. The molecule has 6 nitrogen and oxygen atoms in total. The van der Waals surface area contributed by atoms with Crippen molar-refractivity contribution in [3.63, 3.8) is 0 Å². The summed E-state index contributed by atoms with van der Waals surface area (Å²) in [5.74, 6) is -0.404. The Morgan fingerprint density at radius 2 is 2.18 bits per heavy atom. The number of carbonyl (C=O) groups is 1. The van der Waals surface area contributed by atoms with E-state index in [4.69, 9.17) is 4.74 Å². The molecule has 0 fully saturated rings. The molecule has 112 valence electrons. The number of para-hydroxylation sites is 1. The molecule has 0 aliphatic heterocycles. The van der Waals surface area contributed by atoms with Crippen molar-refractivity contribution in [2.75, 3.05) is 7.11 Å². The fourth-order valence-corrected chi connectivity index (χ4v) is 2.07. The number of allylic oxidation sites excluding steroid dienone is 1. The number of aromatic nitrogens is 2. The van der Waals surface area contributed by atoms with Gasteiger partial charge in [-0.05, 0) is 32.1 Å². The van der Waals surface area contributed by atoms with Crippen molar-refractivity contribution in [1.82, 2.24) is 9.78 Å². The van der Waals surface area contributed by atoms with E-state index in [1.54, 1.807) is 38.1 Å². The molecule has 0 atom stereocenters. The average molecular weight is 297 g/mol. The van der Waals surface area contributed by atoms with Crippen LogP contribution in [-0.2, 0) is 0 Å². The van der Waals surface area contributed by atoms with Crippen LogP contribution in [-0.4, -0.2) is 27.9 Å². The number of benzene rings is 1. The smallest absolute Gasteiger partial charge is 0.289 e. The minimum atomic E-state index is -0.546. The summed E-state index contributed by atoms with van der Waals surface area (Å²) in [4.78, 5) is 12.4. The third-order valence-electron chi connectivity index (χ3n) is 3.10. The van der Waals surface area contributed by atoms with E-state index in [0.717, 1.165) is 0 Å². The number of carbonyl (C=O) groups excluding carboxylic acids is 1. The van der Waals surface area contributed by atoms with E-state index in [1.807, 2.05) is 6.07 Å².